The van der Waals surface area contributed by atoms with Crippen molar-refractivity contribution in [2.75, 3.05) is 33.4 Å². The SMILES string of the molecule is CNCC(=O)N1CC[C@@H](CF)C1. The maximum atomic E-state index is 12.2. The molecule has 0 aromatic carbocycles. The number of rotatable bonds is 3. The van der Waals surface area contributed by atoms with E-state index in [4.69, 9.17) is 0 Å². The Morgan fingerprint density at radius 2 is 2.50 bits per heavy atom. The Morgan fingerprint density at radius 3 is 3.00 bits per heavy atom. The number of carbonyl (C=O) groups is 1. The lowest BCUT2D eigenvalue weighted by Gasteiger charge is -2.15. The molecule has 0 aliphatic carbocycles. The highest BCUT2D eigenvalue weighted by Crippen LogP contribution is 2.15. The van der Waals surface area contributed by atoms with Crippen LogP contribution in [0.3, 0.4) is 0 Å². The normalized spacial score (nSPS) is 23.2. The Labute approximate surface area is 71.9 Å². The third kappa shape index (κ3) is 2.17. The van der Waals surface area contributed by atoms with Gasteiger partial charge in [0.15, 0.2) is 0 Å². The molecule has 1 aliphatic heterocycles. The number of amides is 1. The number of halogens is 1. The summed E-state index contributed by atoms with van der Waals surface area (Å²) in [7, 11) is 1.74. The average molecular weight is 174 g/mol. The monoisotopic (exact) mass is 174 g/mol. The average Bonchev–Trinajstić information content (AvgIpc) is 2.52. The lowest BCUT2D eigenvalue weighted by Crippen LogP contribution is -2.35. The molecule has 3 nitrogen and oxygen atoms in total. The Balaban J connectivity index is 2.31. The summed E-state index contributed by atoms with van der Waals surface area (Å²) < 4.78 is 12.2. The molecular weight excluding hydrogens is 159 g/mol. The van der Waals surface area contributed by atoms with Crippen molar-refractivity contribution in [3.8, 4) is 0 Å². The van der Waals surface area contributed by atoms with Crippen molar-refractivity contribution in [3.63, 3.8) is 0 Å². The van der Waals surface area contributed by atoms with Gasteiger partial charge in [0.2, 0.25) is 5.91 Å². The summed E-state index contributed by atoms with van der Waals surface area (Å²) in [6.45, 7) is 1.37. The van der Waals surface area contributed by atoms with E-state index in [1.165, 1.54) is 0 Å². The van der Waals surface area contributed by atoms with Crippen LogP contribution in [0.25, 0.3) is 0 Å². The fraction of sp³-hybridized carbons (Fsp3) is 0.875. The quantitative estimate of drug-likeness (QED) is 0.654. The fourth-order valence-corrected chi connectivity index (χ4v) is 1.45. The molecule has 0 saturated carbocycles. The van der Waals surface area contributed by atoms with E-state index in [2.05, 4.69) is 5.32 Å². The van der Waals surface area contributed by atoms with Gasteiger partial charge in [-0.05, 0) is 13.5 Å². The highest BCUT2D eigenvalue weighted by Gasteiger charge is 2.25. The molecule has 0 bridgehead atoms. The van der Waals surface area contributed by atoms with E-state index in [0.717, 1.165) is 13.0 Å². The van der Waals surface area contributed by atoms with Crippen molar-refractivity contribution in [1.29, 1.82) is 0 Å². The van der Waals surface area contributed by atoms with Crippen LogP contribution in [0.1, 0.15) is 6.42 Å². The third-order valence-corrected chi connectivity index (χ3v) is 2.18. The van der Waals surface area contributed by atoms with E-state index in [1.54, 1.807) is 11.9 Å². The summed E-state index contributed by atoms with van der Waals surface area (Å²) in [6, 6.07) is 0. The van der Waals surface area contributed by atoms with Crippen LogP contribution in [0.4, 0.5) is 4.39 Å². The zero-order chi connectivity index (χ0) is 8.97. The summed E-state index contributed by atoms with van der Waals surface area (Å²) in [5.41, 5.74) is 0. The van der Waals surface area contributed by atoms with Crippen molar-refractivity contribution in [3.05, 3.63) is 0 Å². The van der Waals surface area contributed by atoms with Gasteiger partial charge in [0.25, 0.3) is 0 Å². The summed E-state index contributed by atoms with van der Waals surface area (Å²) in [5, 5.41) is 2.79. The summed E-state index contributed by atoms with van der Waals surface area (Å²) in [4.78, 5) is 13.0. The number of alkyl halides is 1. The molecule has 1 heterocycles. The van der Waals surface area contributed by atoms with E-state index >= 15 is 0 Å². The Bertz CT molecular complexity index is 163. The molecule has 1 N–H and O–H groups in total. The molecule has 70 valence electrons. The Morgan fingerprint density at radius 1 is 1.75 bits per heavy atom. The molecule has 1 rings (SSSR count). The van der Waals surface area contributed by atoms with E-state index in [9.17, 15) is 9.18 Å². The fourth-order valence-electron chi connectivity index (χ4n) is 1.45. The molecular formula is C8H15FN2O. The first-order valence-electron chi connectivity index (χ1n) is 4.26. The number of likely N-dealkylation sites (N-methyl/N-ethyl adjacent to an activating group) is 1. The number of likely N-dealkylation sites (tertiary alicyclic amines) is 1. The lowest BCUT2D eigenvalue weighted by molar-refractivity contribution is -0.129. The minimum absolute atomic E-state index is 0.0748. The predicted molar refractivity (Wildman–Crippen MR) is 44.6 cm³/mol. The number of nitrogens with one attached hydrogen (secondary N) is 1. The third-order valence-electron chi connectivity index (χ3n) is 2.18. The molecule has 0 spiro atoms. The first-order chi connectivity index (χ1) is 5.77. The first-order valence-corrected chi connectivity index (χ1v) is 4.26. The van der Waals surface area contributed by atoms with Gasteiger partial charge in [-0.2, -0.15) is 0 Å². The van der Waals surface area contributed by atoms with Crippen molar-refractivity contribution >= 4 is 5.91 Å². The molecule has 1 saturated heterocycles. The standard InChI is InChI=1S/C8H15FN2O/c1-10-5-8(12)11-3-2-7(4-9)6-11/h7,10H,2-6H2,1H3/t7-/m0/s1. The largest absolute Gasteiger partial charge is 0.341 e. The second-order valence-electron chi connectivity index (χ2n) is 3.18. The smallest absolute Gasteiger partial charge is 0.236 e. The molecule has 0 aromatic rings. The number of nitrogens with zero attached hydrogens (tertiary/aromatic N) is 1. The van der Waals surface area contributed by atoms with Crippen LogP contribution < -0.4 is 5.32 Å². The van der Waals surface area contributed by atoms with Crippen molar-refractivity contribution in [2.24, 2.45) is 5.92 Å². The summed E-state index contributed by atoms with van der Waals surface area (Å²) >= 11 is 0. The maximum Gasteiger partial charge on any atom is 0.236 e. The lowest BCUT2D eigenvalue weighted by atomic mass is 10.1. The number of hydrogen-bond donors (Lipinski definition) is 1. The van der Waals surface area contributed by atoms with Gasteiger partial charge in [0.05, 0.1) is 13.2 Å². The predicted octanol–water partition coefficient (Wildman–Crippen LogP) is 0.0238. The van der Waals surface area contributed by atoms with Gasteiger partial charge in [0, 0.05) is 19.0 Å². The zero-order valence-electron chi connectivity index (χ0n) is 7.35. The van der Waals surface area contributed by atoms with Gasteiger partial charge in [-0.1, -0.05) is 0 Å². The molecule has 12 heavy (non-hydrogen) atoms. The van der Waals surface area contributed by atoms with Crippen LogP contribution in [0, 0.1) is 5.92 Å². The van der Waals surface area contributed by atoms with Crippen LogP contribution in [-0.2, 0) is 4.79 Å². The minimum atomic E-state index is -0.302. The number of hydrogen-bond acceptors (Lipinski definition) is 2. The number of carbonyl (C=O) groups excluding carboxylic acids is 1. The Hall–Kier alpha value is -0.640. The van der Waals surface area contributed by atoms with Crippen molar-refractivity contribution in [2.45, 2.75) is 6.42 Å². The van der Waals surface area contributed by atoms with Crippen LogP contribution in [0.15, 0.2) is 0 Å². The van der Waals surface area contributed by atoms with Crippen molar-refractivity contribution in [1.82, 2.24) is 10.2 Å². The highest BCUT2D eigenvalue weighted by molar-refractivity contribution is 5.78. The van der Waals surface area contributed by atoms with Crippen LogP contribution in [-0.4, -0.2) is 44.2 Å². The van der Waals surface area contributed by atoms with Crippen molar-refractivity contribution < 1.29 is 9.18 Å². The maximum absolute atomic E-state index is 12.2. The second kappa shape index (κ2) is 4.40. The first kappa shape index (κ1) is 9.45. The van der Waals surface area contributed by atoms with Crippen LogP contribution in [0.2, 0.25) is 0 Å². The molecule has 1 atom stereocenters. The van der Waals surface area contributed by atoms with Crippen LogP contribution in [0.5, 0.6) is 0 Å². The van der Waals surface area contributed by atoms with Gasteiger partial charge >= 0.3 is 0 Å². The summed E-state index contributed by atoms with van der Waals surface area (Å²) in [6.07, 6.45) is 0.811. The molecule has 1 amide bonds. The van der Waals surface area contributed by atoms with E-state index in [-0.39, 0.29) is 18.5 Å². The zero-order valence-corrected chi connectivity index (χ0v) is 7.35. The van der Waals surface area contributed by atoms with Gasteiger partial charge in [0.1, 0.15) is 0 Å². The Kier molecular flexibility index (Phi) is 3.47. The molecule has 0 radical (unpaired) electrons. The van der Waals surface area contributed by atoms with E-state index < -0.39 is 0 Å². The van der Waals surface area contributed by atoms with E-state index in [0.29, 0.717) is 13.1 Å². The van der Waals surface area contributed by atoms with Gasteiger partial charge in [-0.3, -0.25) is 9.18 Å². The highest BCUT2D eigenvalue weighted by atomic mass is 19.1. The molecule has 1 aliphatic rings. The molecule has 1 fully saturated rings. The molecule has 0 unspecified atom stereocenters. The van der Waals surface area contributed by atoms with Gasteiger partial charge < -0.3 is 10.2 Å². The van der Waals surface area contributed by atoms with Gasteiger partial charge in [-0.15, -0.1) is 0 Å². The molecule has 0 aromatic heterocycles. The minimum Gasteiger partial charge on any atom is -0.341 e. The second-order valence-corrected chi connectivity index (χ2v) is 3.18. The van der Waals surface area contributed by atoms with Crippen LogP contribution >= 0.6 is 0 Å². The van der Waals surface area contributed by atoms with Gasteiger partial charge in [-0.25, -0.2) is 0 Å². The molecule has 4 heteroatoms. The van der Waals surface area contributed by atoms with E-state index in [1.807, 2.05) is 0 Å². The summed E-state index contributed by atoms with van der Waals surface area (Å²) in [5.74, 6) is 0.152. The topological polar surface area (TPSA) is 32.3 Å².